The average molecular weight is 263 g/mol. The fraction of sp³-hybridized carbons (Fsp3) is 0.533. The van der Waals surface area contributed by atoms with Crippen molar-refractivity contribution in [3.63, 3.8) is 0 Å². The molecule has 0 bridgehead atoms. The van der Waals surface area contributed by atoms with E-state index in [0.717, 1.165) is 17.9 Å². The Morgan fingerprint density at radius 1 is 1.47 bits per heavy atom. The van der Waals surface area contributed by atoms with Gasteiger partial charge in [0.2, 0.25) is 0 Å². The SMILES string of the molecule is CCOc1ccccc1C1(C)CNCC1C(=O)OC. The van der Waals surface area contributed by atoms with E-state index in [-0.39, 0.29) is 17.3 Å². The summed E-state index contributed by atoms with van der Waals surface area (Å²) >= 11 is 0. The van der Waals surface area contributed by atoms with Gasteiger partial charge in [-0.3, -0.25) is 4.79 Å². The highest BCUT2D eigenvalue weighted by atomic mass is 16.5. The van der Waals surface area contributed by atoms with E-state index in [4.69, 9.17) is 9.47 Å². The van der Waals surface area contributed by atoms with Crippen molar-refractivity contribution in [2.24, 2.45) is 5.92 Å². The van der Waals surface area contributed by atoms with Crippen LogP contribution in [-0.2, 0) is 14.9 Å². The van der Waals surface area contributed by atoms with Gasteiger partial charge in [-0.2, -0.15) is 0 Å². The number of carbonyl (C=O) groups is 1. The molecule has 19 heavy (non-hydrogen) atoms. The van der Waals surface area contributed by atoms with E-state index in [2.05, 4.69) is 12.2 Å². The molecule has 1 aromatic rings. The van der Waals surface area contributed by atoms with Gasteiger partial charge >= 0.3 is 5.97 Å². The van der Waals surface area contributed by atoms with Crippen molar-refractivity contribution in [3.8, 4) is 5.75 Å². The zero-order chi connectivity index (χ0) is 13.9. The molecule has 4 nitrogen and oxygen atoms in total. The zero-order valence-corrected chi connectivity index (χ0v) is 11.7. The van der Waals surface area contributed by atoms with Gasteiger partial charge in [0.1, 0.15) is 5.75 Å². The topological polar surface area (TPSA) is 47.6 Å². The van der Waals surface area contributed by atoms with Crippen molar-refractivity contribution in [2.45, 2.75) is 19.3 Å². The minimum Gasteiger partial charge on any atom is -0.494 e. The maximum atomic E-state index is 12.0. The maximum Gasteiger partial charge on any atom is 0.310 e. The lowest BCUT2D eigenvalue weighted by Crippen LogP contribution is -2.37. The minimum atomic E-state index is -0.293. The second-order valence-corrected chi connectivity index (χ2v) is 5.05. The summed E-state index contributed by atoms with van der Waals surface area (Å²) in [5.41, 5.74) is 0.774. The van der Waals surface area contributed by atoms with Gasteiger partial charge in [-0.05, 0) is 13.0 Å². The lowest BCUT2D eigenvalue weighted by Gasteiger charge is -2.31. The number of benzene rings is 1. The largest absolute Gasteiger partial charge is 0.494 e. The molecule has 1 fully saturated rings. The average Bonchev–Trinajstić information content (AvgIpc) is 2.82. The Hall–Kier alpha value is -1.55. The summed E-state index contributed by atoms with van der Waals surface area (Å²) in [6, 6.07) is 7.92. The number of nitrogens with one attached hydrogen (secondary N) is 1. The summed E-state index contributed by atoms with van der Waals surface area (Å²) in [7, 11) is 1.44. The van der Waals surface area contributed by atoms with Gasteiger partial charge in [0.05, 0.1) is 19.6 Å². The third-order valence-electron chi connectivity index (χ3n) is 3.90. The third-order valence-corrected chi connectivity index (χ3v) is 3.90. The van der Waals surface area contributed by atoms with Gasteiger partial charge in [-0.1, -0.05) is 25.1 Å². The van der Waals surface area contributed by atoms with Crippen LogP contribution in [0.2, 0.25) is 0 Å². The van der Waals surface area contributed by atoms with E-state index in [1.165, 1.54) is 7.11 Å². The molecule has 1 aliphatic rings. The molecule has 2 unspecified atom stereocenters. The molecular weight excluding hydrogens is 242 g/mol. The lowest BCUT2D eigenvalue weighted by atomic mass is 9.73. The summed E-state index contributed by atoms with van der Waals surface area (Å²) in [6.07, 6.45) is 0. The highest BCUT2D eigenvalue weighted by Crippen LogP contribution is 2.40. The van der Waals surface area contributed by atoms with Crippen LogP contribution in [-0.4, -0.2) is 32.8 Å². The summed E-state index contributed by atoms with van der Waals surface area (Å²) in [4.78, 5) is 12.0. The monoisotopic (exact) mass is 263 g/mol. The van der Waals surface area contributed by atoms with Crippen molar-refractivity contribution >= 4 is 5.97 Å². The first kappa shape index (κ1) is 13.9. The molecule has 1 aromatic carbocycles. The Kier molecular flexibility index (Phi) is 4.10. The Bertz CT molecular complexity index is 460. The molecule has 2 atom stereocenters. The quantitative estimate of drug-likeness (QED) is 0.841. The van der Waals surface area contributed by atoms with Crippen LogP contribution in [0.15, 0.2) is 24.3 Å². The normalized spacial score (nSPS) is 26.2. The van der Waals surface area contributed by atoms with Crippen LogP contribution in [0.5, 0.6) is 5.75 Å². The second-order valence-electron chi connectivity index (χ2n) is 5.05. The van der Waals surface area contributed by atoms with Crippen LogP contribution in [0.4, 0.5) is 0 Å². The van der Waals surface area contributed by atoms with Gasteiger partial charge in [0.15, 0.2) is 0 Å². The van der Waals surface area contributed by atoms with E-state index in [1.54, 1.807) is 0 Å². The van der Waals surface area contributed by atoms with Crippen LogP contribution in [0, 0.1) is 5.92 Å². The fourth-order valence-corrected chi connectivity index (χ4v) is 2.81. The van der Waals surface area contributed by atoms with E-state index in [0.29, 0.717) is 13.2 Å². The number of rotatable bonds is 4. The molecule has 2 rings (SSSR count). The highest BCUT2D eigenvalue weighted by Gasteiger charge is 2.46. The molecule has 1 aliphatic heterocycles. The summed E-state index contributed by atoms with van der Waals surface area (Å²) < 4.78 is 10.6. The first-order valence-corrected chi connectivity index (χ1v) is 6.64. The molecule has 0 saturated carbocycles. The first-order valence-electron chi connectivity index (χ1n) is 6.64. The van der Waals surface area contributed by atoms with Gasteiger partial charge in [-0.15, -0.1) is 0 Å². The number of methoxy groups -OCH3 is 1. The lowest BCUT2D eigenvalue weighted by molar-refractivity contribution is -0.146. The second kappa shape index (κ2) is 5.61. The smallest absolute Gasteiger partial charge is 0.310 e. The molecule has 0 amide bonds. The van der Waals surface area contributed by atoms with Gasteiger partial charge in [0.25, 0.3) is 0 Å². The van der Waals surface area contributed by atoms with E-state index < -0.39 is 0 Å². The Balaban J connectivity index is 2.40. The third kappa shape index (κ3) is 2.45. The standard InChI is InChI=1S/C15H21NO3/c1-4-19-13-8-6-5-7-11(13)15(2)10-16-9-12(15)14(17)18-3/h5-8,12,16H,4,9-10H2,1-3H3. The summed E-state index contributed by atoms with van der Waals surface area (Å²) in [5, 5.41) is 3.29. The molecule has 1 N–H and O–H groups in total. The van der Waals surface area contributed by atoms with Crippen molar-refractivity contribution in [1.82, 2.24) is 5.32 Å². The van der Waals surface area contributed by atoms with Crippen LogP contribution in [0.1, 0.15) is 19.4 Å². The van der Waals surface area contributed by atoms with Gasteiger partial charge in [-0.25, -0.2) is 0 Å². The highest BCUT2D eigenvalue weighted by molar-refractivity contribution is 5.76. The minimum absolute atomic E-state index is 0.168. The predicted octanol–water partition coefficient (Wildman–Crippen LogP) is 1.74. The van der Waals surface area contributed by atoms with E-state index in [9.17, 15) is 4.79 Å². The van der Waals surface area contributed by atoms with Crippen molar-refractivity contribution in [1.29, 1.82) is 0 Å². The number of carbonyl (C=O) groups excluding carboxylic acids is 1. The van der Waals surface area contributed by atoms with Crippen molar-refractivity contribution < 1.29 is 14.3 Å². The maximum absolute atomic E-state index is 12.0. The molecule has 4 heteroatoms. The van der Waals surface area contributed by atoms with Crippen LogP contribution < -0.4 is 10.1 Å². The molecule has 0 aliphatic carbocycles. The Labute approximate surface area is 114 Å². The summed E-state index contributed by atoms with van der Waals surface area (Å²) in [6.45, 7) is 6.06. The van der Waals surface area contributed by atoms with Crippen molar-refractivity contribution in [3.05, 3.63) is 29.8 Å². The van der Waals surface area contributed by atoms with E-state index in [1.807, 2.05) is 31.2 Å². The van der Waals surface area contributed by atoms with Crippen LogP contribution >= 0.6 is 0 Å². The number of hydrogen-bond donors (Lipinski definition) is 1. The molecule has 1 saturated heterocycles. The van der Waals surface area contributed by atoms with Gasteiger partial charge < -0.3 is 14.8 Å². The van der Waals surface area contributed by atoms with Crippen LogP contribution in [0.3, 0.4) is 0 Å². The predicted molar refractivity (Wildman–Crippen MR) is 73.3 cm³/mol. The molecular formula is C15H21NO3. The number of hydrogen-bond acceptors (Lipinski definition) is 4. The van der Waals surface area contributed by atoms with Crippen molar-refractivity contribution in [2.75, 3.05) is 26.8 Å². The molecule has 0 spiro atoms. The Morgan fingerprint density at radius 2 is 2.21 bits per heavy atom. The van der Waals surface area contributed by atoms with Crippen LogP contribution in [0.25, 0.3) is 0 Å². The first-order chi connectivity index (χ1) is 9.13. The summed E-state index contributed by atoms with van der Waals surface area (Å²) in [5.74, 6) is 0.503. The van der Waals surface area contributed by atoms with Gasteiger partial charge in [0, 0.05) is 24.1 Å². The number of esters is 1. The fourth-order valence-electron chi connectivity index (χ4n) is 2.81. The molecule has 104 valence electrons. The number of para-hydroxylation sites is 1. The Morgan fingerprint density at radius 3 is 2.89 bits per heavy atom. The molecule has 0 radical (unpaired) electrons. The molecule has 0 aromatic heterocycles. The van der Waals surface area contributed by atoms with E-state index >= 15 is 0 Å². The zero-order valence-electron chi connectivity index (χ0n) is 11.7. The molecule has 1 heterocycles. The number of ether oxygens (including phenoxy) is 2.